The number of hydrogen-bond donors (Lipinski definition) is 2. The van der Waals surface area contributed by atoms with Crippen molar-refractivity contribution in [1.29, 1.82) is 0 Å². The summed E-state index contributed by atoms with van der Waals surface area (Å²) in [6.07, 6.45) is 1.45. The molecular formula is C21H22BrN3O6. The van der Waals surface area contributed by atoms with Gasteiger partial charge in [-0.3, -0.25) is 9.59 Å². The summed E-state index contributed by atoms with van der Waals surface area (Å²) in [6, 6.07) is 8.32. The van der Waals surface area contributed by atoms with Crippen molar-refractivity contribution in [2.45, 2.75) is 20.0 Å². The lowest BCUT2D eigenvalue weighted by molar-refractivity contribution is -0.120. The van der Waals surface area contributed by atoms with Crippen LogP contribution in [0.5, 0.6) is 23.0 Å². The van der Waals surface area contributed by atoms with E-state index in [2.05, 4.69) is 31.8 Å². The highest BCUT2D eigenvalue weighted by Crippen LogP contribution is 2.37. The van der Waals surface area contributed by atoms with Crippen molar-refractivity contribution in [2.75, 3.05) is 20.4 Å². The first kappa shape index (κ1) is 22.4. The van der Waals surface area contributed by atoms with Crippen molar-refractivity contribution in [3.05, 3.63) is 45.9 Å². The highest BCUT2D eigenvalue weighted by atomic mass is 79.9. The van der Waals surface area contributed by atoms with Crippen molar-refractivity contribution in [3.8, 4) is 23.0 Å². The van der Waals surface area contributed by atoms with Crippen LogP contribution < -0.4 is 29.7 Å². The maximum absolute atomic E-state index is 12.2. The van der Waals surface area contributed by atoms with Crippen molar-refractivity contribution in [3.63, 3.8) is 0 Å². The van der Waals surface area contributed by atoms with E-state index >= 15 is 0 Å². The first-order valence-corrected chi connectivity index (χ1v) is 10.2. The fourth-order valence-electron chi connectivity index (χ4n) is 2.68. The van der Waals surface area contributed by atoms with Crippen LogP contribution in [0.2, 0.25) is 0 Å². The molecule has 3 rings (SSSR count). The van der Waals surface area contributed by atoms with E-state index in [4.69, 9.17) is 18.9 Å². The molecule has 10 heteroatoms. The number of rotatable bonds is 8. The highest BCUT2D eigenvalue weighted by molar-refractivity contribution is 9.10. The molecular weight excluding hydrogens is 470 g/mol. The number of amides is 2. The largest absolute Gasteiger partial charge is 0.493 e. The maximum Gasteiger partial charge on any atom is 0.259 e. The second-order valence-corrected chi connectivity index (χ2v) is 7.60. The predicted molar refractivity (Wildman–Crippen MR) is 117 cm³/mol. The van der Waals surface area contributed by atoms with Crippen molar-refractivity contribution in [1.82, 2.24) is 10.7 Å². The second kappa shape index (κ2) is 10.2. The van der Waals surface area contributed by atoms with Crippen LogP contribution in [0.15, 0.2) is 39.9 Å². The summed E-state index contributed by atoms with van der Waals surface area (Å²) in [6.45, 7) is 3.72. The molecule has 2 aromatic rings. The van der Waals surface area contributed by atoms with Gasteiger partial charge in [-0.25, -0.2) is 5.43 Å². The van der Waals surface area contributed by atoms with E-state index < -0.39 is 11.8 Å². The van der Waals surface area contributed by atoms with Crippen LogP contribution in [0.1, 0.15) is 29.8 Å². The first-order chi connectivity index (χ1) is 14.9. The van der Waals surface area contributed by atoms with E-state index in [0.717, 1.165) is 0 Å². The van der Waals surface area contributed by atoms with E-state index in [-0.39, 0.29) is 19.4 Å². The van der Waals surface area contributed by atoms with Crippen molar-refractivity contribution in [2.24, 2.45) is 5.10 Å². The van der Waals surface area contributed by atoms with E-state index in [1.807, 2.05) is 13.8 Å². The Bertz CT molecular complexity index is 1010. The van der Waals surface area contributed by atoms with Gasteiger partial charge in [0.25, 0.3) is 11.8 Å². The lowest BCUT2D eigenvalue weighted by atomic mass is 10.2. The third-order valence-corrected chi connectivity index (χ3v) is 4.64. The van der Waals surface area contributed by atoms with Crippen LogP contribution in [0, 0.1) is 0 Å². The Kier molecular flexibility index (Phi) is 7.35. The fraction of sp³-hybridized carbons (Fsp3) is 0.286. The molecule has 2 aromatic carbocycles. The van der Waals surface area contributed by atoms with Gasteiger partial charge < -0.3 is 24.3 Å². The molecule has 0 atom stereocenters. The molecule has 0 aromatic heterocycles. The summed E-state index contributed by atoms with van der Waals surface area (Å²) in [4.78, 5) is 24.2. The van der Waals surface area contributed by atoms with Gasteiger partial charge in [0.2, 0.25) is 6.79 Å². The molecule has 2 N–H and O–H groups in total. The van der Waals surface area contributed by atoms with Gasteiger partial charge in [-0.2, -0.15) is 5.10 Å². The molecule has 0 unspecified atom stereocenters. The van der Waals surface area contributed by atoms with E-state index in [0.29, 0.717) is 38.6 Å². The summed E-state index contributed by atoms with van der Waals surface area (Å²) in [5.41, 5.74) is 3.41. The predicted octanol–water partition coefficient (Wildman–Crippen LogP) is 2.85. The molecule has 0 bridgehead atoms. The van der Waals surface area contributed by atoms with E-state index in [9.17, 15) is 9.59 Å². The number of fused-ring (bicyclic) bond motifs is 1. The number of ether oxygens (including phenoxy) is 4. The van der Waals surface area contributed by atoms with Crippen LogP contribution in [0.4, 0.5) is 0 Å². The topological polar surface area (TPSA) is 107 Å². The minimum absolute atomic E-state index is 0.0168. The van der Waals surface area contributed by atoms with Crippen LogP contribution in [0.25, 0.3) is 0 Å². The standard InChI is InChI=1S/C21H22BrN3O6/c1-12(2)31-20-15(22)6-13(7-18(20)28-3)9-24-25-19(26)10-23-21(27)14-4-5-16-17(8-14)30-11-29-16/h4-9,12H,10-11H2,1-3H3,(H,23,27)(H,25,26)/b24-9-. The molecule has 0 spiro atoms. The summed E-state index contributed by atoms with van der Waals surface area (Å²) >= 11 is 3.45. The number of nitrogens with zero attached hydrogens (tertiary/aromatic N) is 1. The zero-order valence-corrected chi connectivity index (χ0v) is 18.8. The summed E-state index contributed by atoms with van der Waals surface area (Å²) in [5, 5.41) is 6.44. The van der Waals surface area contributed by atoms with Crippen molar-refractivity contribution < 1.29 is 28.5 Å². The lowest BCUT2D eigenvalue weighted by Gasteiger charge is -2.15. The molecule has 0 fully saturated rings. The molecule has 0 aliphatic carbocycles. The summed E-state index contributed by atoms with van der Waals surface area (Å²) in [5.74, 6) is 1.31. The Morgan fingerprint density at radius 1 is 1.23 bits per heavy atom. The molecule has 0 saturated heterocycles. The summed E-state index contributed by atoms with van der Waals surface area (Å²) < 4.78 is 22.2. The molecule has 2 amide bonds. The Balaban J connectivity index is 1.53. The number of carbonyl (C=O) groups excluding carboxylic acids is 2. The fourth-order valence-corrected chi connectivity index (χ4v) is 3.24. The normalized spacial score (nSPS) is 12.2. The van der Waals surface area contributed by atoms with Gasteiger partial charge in [-0.05, 0) is 65.7 Å². The van der Waals surface area contributed by atoms with Crippen LogP contribution in [-0.2, 0) is 4.79 Å². The molecule has 164 valence electrons. The van der Waals surface area contributed by atoms with Gasteiger partial charge >= 0.3 is 0 Å². The number of hydrazone groups is 1. The highest BCUT2D eigenvalue weighted by Gasteiger charge is 2.16. The van der Waals surface area contributed by atoms with E-state index in [1.54, 1.807) is 37.4 Å². The SMILES string of the molecule is COc1cc(/C=N\NC(=O)CNC(=O)c2ccc3c(c2)OCO3)cc(Br)c1OC(C)C. The second-order valence-electron chi connectivity index (χ2n) is 6.74. The monoisotopic (exact) mass is 491 g/mol. The Hall–Kier alpha value is -3.27. The van der Waals surface area contributed by atoms with Crippen LogP contribution in [-0.4, -0.2) is 44.6 Å². The minimum Gasteiger partial charge on any atom is -0.493 e. The number of benzene rings is 2. The maximum atomic E-state index is 12.2. The molecule has 31 heavy (non-hydrogen) atoms. The van der Waals surface area contributed by atoms with Crippen LogP contribution in [0.3, 0.4) is 0 Å². The quantitative estimate of drug-likeness (QED) is 0.434. The number of hydrogen-bond acceptors (Lipinski definition) is 7. The van der Waals surface area contributed by atoms with Gasteiger partial charge in [0.15, 0.2) is 23.0 Å². The van der Waals surface area contributed by atoms with Crippen molar-refractivity contribution >= 4 is 34.0 Å². The smallest absolute Gasteiger partial charge is 0.259 e. The van der Waals surface area contributed by atoms with Gasteiger partial charge in [0.05, 0.1) is 30.4 Å². The molecule has 0 radical (unpaired) electrons. The van der Waals surface area contributed by atoms with E-state index in [1.165, 1.54) is 6.21 Å². The number of halogens is 1. The molecule has 0 saturated carbocycles. The van der Waals surface area contributed by atoms with Crippen LogP contribution >= 0.6 is 15.9 Å². The average molecular weight is 492 g/mol. The molecule has 9 nitrogen and oxygen atoms in total. The Labute approximate surface area is 187 Å². The third-order valence-electron chi connectivity index (χ3n) is 4.05. The van der Waals surface area contributed by atoms with Gasteiger partial charge in [-0.1, -0.05) is 0 Å². The zero-order valence-electron chi connectivity index (χ0n) is 17.2. The number of methoxy groups -OCH3 is 1. The van der Waals surface area contributed by atoms with Gasteiger partial charge in [0, 0.05) is 5.56 Å². The first-order valence-electron chi connectivity index (χ1n) is 9.41. The average Bonchev–Trinajstić information content (AvgIpc) is 3.21. The van der Waals surface area contributed by atoms with Gasteiger partial charge in [-0.15, -0.1) is 0 Å². The third kappa shape index (κ3) is 5.88. The number of carbonyl (C=O) groups is 2. The number of nitrogens with one attached hydrogen (secondary N) is 2. The zero-order chi connectivity index (χ0) is 22.4. The molecule has 1 aliphatic heterocycles. The Morgan fingerprint density at radius 2 is 2.00 bits per heavy atom. The molecule has 1 heterocycles. The lowest BCUT2D eigenvalue weighted by Crippen LogP contribution is -2.34. The Morgan fingerprint density at radius 3 is 2.74 bits per heavy atom. The minimum atomic E-state index is -0.476. The van der Waals surface area contributed by atoms with Gasteiger partial charge in [0.1, 0.15) is 0 Å². The summed E-state index contributed by atoms with van der Waals surface area (Å²) in [7, 11) is 1.54. The molecule has 1 aliphatic rings.